The van der Waals surface area contributed by atoms with Crippen LogP contribution in [0.2, 0.25) is 0 Å². The molecule has 1 N–H and O–H groups in total. The predicted octanol–water partition coefficient (Wildman–Crippen LogP) is 0.611. The van der Waals surface area contributed by atoms with E-state index in [1.807, 2.05) is 0 Å². The van der Waals surface area contributed by atoms with Gasteiger partial charge in [-0.3, -0.25) is 0 Å². The molecule has 22 heavy (non-hydrogen) atoms. The molecule has 9 heteroatoms. The Kier molecular flexibility index (Phi) is 4.04. The minimum atomic E-state index is -3.18. The first-order valence-electron chi connectivity index (χ1n) is 7.28. The molecule has 122 valence electrons. The van der Waals surface area contributed by atoms with Crippen LogP contribution in [0.1, 0.15) is 19.8 Å². The maximum atomic E-state index is 12.8. The van der Waals surface area contributed by atoms with Crippen molar-refractivity contribution in [1.82, 2.24) is 14.3 Å². The molecule has 2 aliphatic rings. The van der Waals surface area contributed by atoms with E-state index in [4.69, 9.17) is 4.74 Å². The molecule has 1 spiro atoms. The zero-order chi connectivity index (χ0) is 15.8. The van der Waals surface area contributed by atoms with Gasteiger partial charge in [0.15, 0.2) is 5.82 Å². The molecule has 0 bridgehead atoms. The van der Waals surface area contributed by atoms with Crippen molar-refractivity contribution in [2.24, 2.45) is 0 Å². The van der Waals surface area contributed by atoms with E-state index in [2.05, 4.69) is 15.3 Å². The van der Waals surface area contributed by atoms with E-state index in [0.29, 0.717) is 38.5 Å². The predicted molar refractivity (Wildman–Crippen MR) is 78.4 cm³/mol. The monoisotopic (exact) mass is 330 g/mol. The fraction of sp³-hybridized carbons (Fsp3) is 0.692. The standard InChI is InChI=1S/C13H19FN4O3S/c1-2-22(19,20)18-4-3-13(9-18)5-11(8-21-13)17-12-15-6-10(14)7-16-12/h6-7,11H,2-5,8-9H2,1H3,(H,15,16,17)/t11-,13-/m0/s1. The Labute approximate surface area is 128 Å². The second-order valence-electron chi connectivity index (χ2n) is 5.75. The van der Waals surface area contributed by atoms with Gasteiger partial charge in [0.2, 0.25) is 16.0 Å². The second-order valence-corrected chi connectivity index (χ2v) is 8.01. The van der Waals surface area contributed by atoms with Crippen LogP contribution in [0.25, 0.3) is 0 Å². The van der Waals surface area contributed by atoms with Crippen LogP contribution in [0.5, 0.6) is 0 Å². The molecule has 1 aromatic rings. The number of nitrogens with one attached hydrogen (secondary N) is 1. The number of nitrogens with zero attached hydrogens (tertiary/aromatic N) is 3. The van der Waals surface area contributed by atoms with E-state index in [1.165, 1.54) is 4.31 Å². The highest BCUT2D eigenvalue weighted by Crippen LogP contribution is 2.36. The van der Waals surface area contributed by atoms with Crippen molar-refractivity contribution in [2.45, 2.75) is 31.4 Å². The van der Waals surface area contributed by atoms with Crippen LogP contribution in [-0.4, -0.2) is 59.8 Å². The molecular formula is C13H19FN4O3S. The number of rotatable bonds is 4. The number of halogens is 1. The summed E-state index contributed by atoms with van der Waals surface area (Å²) in [6, 6.07) is -0.00487. The van der Waals surface area contributed by atoms with E-state index >= 15 is 0 Å². The highest BCUT2D eigenvalue weighted by atomic mass is 32.2. The van der Waals surface area contributed by atoms with Gasteiger partial charge in [-0.05, 0) is 13.3 Å². The van der Waals surface area contributed by atoms with Gasteiger partial charge < -0.3 is 10.1 Å². The summed E-state index contributed by atoms with van der Waals surface area (Å²) in [5.74, 6) is -0.0299. The van der Waals surface area contributed by atoms with E-state index in [9.17, 15) is 12.8 Å². The Morgan fingerprint density at radius 2 is 2.23 bits per heavy atom. The summed E-state index contributed by atoms with van der Waals surface area (Å²) in [6.07, 6.45) is 3.58. The number of hydrogen-bond donors (Lipinski definition) is 1. The van der Waals surface area contributed by atoms with Crippen molar-refractivity contribution in [3.63, 3.8) is 0 Å². The lowest BCUT2D eigenvalue weighted by atomic mass is 9.97. The topological polar surface area (TPSA) is 84.4 Å². The molecule has 0 saturated carbocycles. The molecule has 2 fully saturated rings. The molecule has 0 radical (unpaired) electrons. The van der Waals surface area contributed by atoms with Gasteiger partial charge in [-0.2, -0.15) is 4.31 Å². The minimum absolute atomic E-state index is 0.00487. The first-order chi connectivity index (χ1) is 10.4. The summed E-state index contributed by atoms with van der Waals surface area (Å²) in [4.78, 5) is 7.73. The Hall–Kier alpha value is -1.32. The maximum Gasteiger partial charge on any atom is 0.223 e. The average molecular weight is 330 g/mol. The molecule has 0 aliphatic carbocycles. The highest BCUT2D eigenvalue weighted by Gasteiger charge is 2.48. The smallest absolute Gasteiger partial charge is 0.223 e. The van der Waals surface area contributed by atoms with Crippen molar-refractivity contribution >= 4 is 16.0 Å². The average Bonchev–Trinajstić information content (AvgIpc) is 3.10. The van der Waals surface area contributed by atoms with Gasteiger partial charge in [0.05, 0.1) is 36.4 Å². The third kappa shape index (κ3) is 3.06. The minimum Gasteiger partial charge on any atom is -0.371 e. The summed E-state index contributed by atoms with van der Waals surface area (Å²) in [7, 11) is -3.18. The fourth-order valence-electron chi connectivity index (χ4n) is 3.02. The third-order valence-corrected chi connectivity index (χ3v) is 6.03. The Morgan fingerprint density at radius 1 is 1.50 bits per heavy atom. The maximum absolute atomic E-state index is 12.8. The molecule has 0 amide bonds. The highest BCUT2D eigenvalue weighted by molar-refractivity contribution is 7.89. The molecule has 2 aliphatic heterocycles. The third-order valence-electron chi connectivity index (χ3n) is 4.20. The van der Waals surface area contributed by atoms with Gasteiger partial charge in [-0.25, -0.2) is 22.8 Å². The summed E-state index contributed by atoms with van der Waals surface area (Å²) in [5.41, 5.74) is -0.431. The summed E-state index contributed by atoms with van der Waals surface area (Å²) >= 11 is 0. The zero-order valence-electron chi connectivity index (χ0n) is 12.3. The molecule has 1 aromatic heterocycles. The van der Waals surface area contributed by atoms with E-state index in [-0.39, 0.29) is 11.8 Å². The van der Waals surface area contributed by atoms with Crippen LogP contribution in [0, 0.1) is 5.82 Å². The van der Waals surface area contributed by atoms with Crippen LogP contribution >= 0.6 is 0 Å². The first-order valence-corrected chi connectivity index (χ1v) is 8.89. The molecule has 2 atom stereocenters. The van der Waals surface area contributed by atoms with Gasteiger partial charge in [0.25, 0.3) is 0 Å². The molecule has 7 nitrogen and oxygen atoms in total. The van der Waals surface area contributed by atoms with Gasteiger partial charge in [0, 0.05) is 19.5 Å². The first kappa shape index (κ1) is 15.6. The van der Waals surface area contributed by atoms with Crippen LogP contribution in [0.4, 0.5) is 10.3 Å². The number of ether oxygens (including phenoxy) is 1. The van der Waals surface area contributed by atoms with Crippen LogP contribution in [0.3, 0.4) is 0 Å². The van der Waals surface area contributed by atoms with E-state index in [0.717, 1.165) is 12.4 Å². The van der Waals surface area contributed by atoms with Crippen molar-refractivity contribution < 1.29 is 17.5 Å². The molecule has 0 aromatic carbocycles. The van der Waals surface area contributed by atoms with Gasteiger partial charge in [0.1, 0.15) is 0 Å². The lowest BCUT2D eigenvalue weighted by Crippen LogP contribution is -2.37. The van der Waals surface area contributed by atoms with Crippen molar-refractivity contribution in [2.75, 3.05) is 30.8 Å². The van der Waals surface area contributed by atoms with Gasteiger partial charge in [-0.15, -0.1) is 0 Å². The number of anilines is 1. The number of sulfonamides is 1. The number of aromatic nitrogens is 2. The fourth-order valence-corrected chi connectivity index (χ4v) is 4.19. The molecular weight excluding hydrogens is 311 g/mol. The van der Waals surface area contributed by atoms with E-state index < -0.39 is 21.4 Å². The Morgan fingerprint density at radius 3 is 2.91 bits per heavy atom. The Balaban J connectivity index is 1.62. The summed E-state index contributed by atoms with van der Waals surface area (Å²) in [6.45, 7) is 2.99. The molecule has 0 unspecified atom stereocenters. The molecule has 2 saturated heterocycles. The largest absolute Gasteiger partial charge is 0.371 e. The van der Waals surface area contributed by atoms with Crippen molar-refractivity contribution in [3.05, 3.63) is 18.2 Å². The van der Waals surface area contributed by atoms with Crippen LogP contribution < -0.4 is 5.32 Å². The Bertz CT molecular complexity index is 639. The van der Waals surface area contributed by atoms with Crippen LogP contribution in [-0.2, 0) is 14.8 Å². The quantitative estimate of drug-likeness (QED) is 0.871. The lowest BCUT2D eigenvalue weighted by Gasteiger charge is -2.23. The molecule has 3 heterocycles. The van der Waals surface area contributed by atoms with Crippen molar-refractivity contribution in [1.29, 1.82) is 0 Å². The second kappa shape index (κ2) is 5.71. The van der Waals surface area contributed by atoms with Gasteiger partial charge in [-0.1, -0.05) is 0 Å². The molecule has 3 rings (SSSR count). The van der Waals surface area contributed by atoms with Gasteiger partial charge >= 0.3 is 0 Å². The normalized spacial score (nSPS) is 29.3. The van der Waals surface area contributed by atoms with Crippen molar-refractivity contribution in [3.8, 4) is 0 Å². The summed E-state index contributed by atoms with van der Waals surface area (Å²) < 4.78 is 44.1. The SMILES string of the molecule is CCS(=O)(=O)N1CC[C@]2(C[C@H](Nc3ncc(F)cn3)CO2)C1. The van der Waals surface area contributed by atoms with E-state index in [1.54, 1.807) is 6.92 Å². The zero-order valence-corrected chi connectivity index (χ0v) is 13.1. The van der Waals surface area contributed by atoms with Crippen LogP contribution in [0.15, 0.2) is 12.4 Å². The number of hydrogen-bond acceptors (Lipinski definition) is 6. The summed E-state index contributed by atoms with van der Waals surface area (Å²) in [5, 5.41) is 3.10. The lowest BCUT2D eigenvalue weighted by molar-refractivity contribution is 0.0173.